The normalized spacial score (nSPS) is 13.4. The van der Waals surface area contributed by atoms with Crippen molar-refractivity contribution in [1.29, 1.82) is 0 Å². The third-order valence-corrected chi connectivity index (χ3v) is 4.83. The maximum absolute atomic E-state index is 12.0. The van der Waals surface area contributed by atoms with Gasteiger partial charge in [-0.05, 0) is 40.5 Å². The Morgan fingerprint density at radius 1 is 1.53 bits per heavy atom. The molecular weight excluding hydrogens is 336 g/mol. The number of sulfonamides is 1. The lowest BCUT2D eigenvalue weighted by atomic mass is 10.3. The van der Waals surface area contributed by atoms with Gasteiger partial charge in [0.15, 0.2) is 0 Å². The molecule has 1 aromatic rings. The number of nitrogens with two attached hydrogens (primary N) is 1. The summed E-state index contributed by atoms with van der Waals surface area (Å²) in [4.78, 5) is 0.0775. The highest BCUT2D eigenvalue weighted by Gasteiger charge is 2.18. The van der Waals surface area contributed by atoms with E-state index in [1.165, 1.54) is 13.2 Å². The number of nitrogens with one attached hydrogen (secondary N) is 1. The second-order valence-corrected chi connectivity index (χ2v) is 6.58. The Bertz CT molecular complexity index is 521. The molecule has 1 atom stereocenters. The number of anilines is 1. The number of rotatable bonds is 7. The van der Waals surface area contributed by atoms with Crippen molar-refractivity contribution in [3.63, 3.8) is 0 Å². The highest BCUT2D eigenvalue weighted by atomic mass is 79.9. The van der Waals surface area contributed by atoms with Gasteiger partial charge in [-0.25, -0.2) is 13.1 Å². The molecule has 19 heavy (non-hydrogen) atoms. The molecule has 1 unspecified atom stereocenters. The van der Waals surface area contributed by atoms with Crippen LogP contribution in [0.3, 0.4) is 0 Å². The Hall–Kier alpha value is -0.670. The number of aliphatic hydroxyl groups excluding tert-OH is 1. The molecule has 0 aliphatic heterocycles. The van der Waals surface area contributed by atoms with Crippen LogP contribution in [0.4, 0.5) is 5.69 Å². The van der Waals surface area contributed by atoms with Crippen molar-refractivity contribution in [2.75, 3.05) is 26.0 Å². The highest BCUT2D eigenvalue weighted by Crippen LogP contribution is 2.23. The van der Waals surface area contributed by atoms with Crippen LogP contribution in [0.15, 0.2) is 27.6 Å². The zero-order chi connectivity index (χ0) is 14.5. The number of hydrogen-bond donors (Lipinski definition) is 3. The predicted octanol–water partition coefficient (Wildman–Crippen LogP) is 0.707. The fourth-order valence-corrected chi connectivity index (χ4v) is 3.48. The minimum absolute atomic E-state index is 0.0775. The first-order valence-electron chi connectivity index (χ1n) is 5.58. The van der Waals surface area contributed by atoms with Crippen LogP contribution in [0.5, 0.6) is 0 Å². The number of halogens is 1. The minimum atomic E-state index is -3.65. The summed E-state index contributed by atoms with van der Waals surface area (Å²) in [6.07, 6.45) is -0.426. The van der Waals surface area contributed by atoms with Crippen LogP contribution in [-0.2, 0) is 14.8 Å². The van der Waals surface area contributed by atoms with E-state index < -0.39 is 16.1 Å². The van der Waals surface area contributed by atoms with E-state index in [1.54, 1.807) is 12.1 Å². The van der Waals surface area contributed by atoms with Crippen LogP contribution in [0, 0.1) is 0 Å². The second-order valence-electron chi connectivity index (χ2n) is 3.99. The quantitative estimate of drug-likeness (QED) is 0.627. The molecule has 0 fully saturated rings. The van der Waals surface area contributed by atoms with Crippen LogP contribution in [0.25, 0.3) is 0 Å². The van der Waals surface area contributed by atoms with Gasteiger partial charge < -0.3 is 15.6 Å². The molecule has 108 valence electrons. The molecule has 0 aromatic heterocycles. The van der Waals surface area contributed by atoms with E-state index in [0.29, 0.717) is 10.2 Å². The van der Waals surface area contributed by atoms with E-state index >= 15 is 0 Å². The van der Waals surface area contributed by atoms with Gasteiger partial charge in [-0.3, -0.25) is 0 Å². The fourth-order valence-electron chi connectivity index (χ4n) is 1.44. The molecule has 0 saturated carbocycles. The van der Waals surface area contributed by atoms with Crippen LogP contribution in [-0.4, -0.2) is 39.9 Å². The molecule has 0 spiro atoms. The van der Waals surface area contributed by atoms with Gasteiger partial charge in [-0.2, -0.15) is 0 Å². The molecule has 0 amide bonds. The standard InChI is InChI=1S/C11H17BrN2O4S/c1-18-7-9(15)4-5-14-19(16,17)11-6-8(13)2-3-10(11)12/h2-3,6,9,14-15H,4-5,7,13H2,1H3. The smallest absolute Gasteiger partial charge is 0.241 e. The van der Waals surface area contributed by atoms with Gasteiger partial charge >= 0.3 is 0 Å². The van der Waals surface area contributed by atoms with Crippen molar-refractivity contribution in [2.45, 2.75) is 17.4 Å². The molecule has 0 bridgehead atoms. The summed E-state index contributed by atoms with van der Waals surface area (Å²) >= 11 is 3.17. The van der Waals surface area contributed by atoms with Gasteiger partial charge in [0.25, 0.3) is 0 Å². The molecule has 0 radical (unpaired) electrons. The third-order valence-electron chi connectivity index (χ3n) is 2.37. The SMILES string of the molecule is COCC(O)CCNS(=O)(=O)c1cc(N)ccc1Br. The molecule has 1 rings (SSSR count). The van der Waals surface area contributed by atoms with Crippen molar-refractivity contribution in [1.82, 2.24) is 4.72 Å². The van der Waals surface area contributed by atoms with Gasteiger partial charge in [0, 0.05) is 23.8 Å². The van der Waals surface area contributed by atoms with Crippen LogP contribution >= 0.6 is 15.9 Å². The van der Waals surface area contributed by atoms with Gasteiger partial charge in [0.1, 0.15) is 0 Å². The van der Waals surface area contributed by atoms with E-state index in [4.69, 9.17) is 10.5 Å². The zero-order valence-corrected chi connectivity index (χ0v) is 12.9. The molecule has 0 heterocycles. The Labute approximate surface area is 121 Å². The van der Waals surface area contributed by atoms with E-state index in [1.807, 2.05) is 0 Å². The molecule has 4 N–H and O–H groups in total. The van der Waals surface area contributed by atoms with Gasteiger partial charge in [-0.1, -0.05) is 0 Å². The third kappa shape index (κ3) is 5.07. The summed E-state index contributed by atoms with van der Waals surface area (Å²) in [7, 11) is -2.18. The van der Waals surface area contributed by atoms with Crippen LogP contribution in [0.2, 0.25) is 0 Å². The lowest BCUT2D eigenvalue weighted by molar-refractivity contribution is 0.0603. The van der Waals surface area contributed by atoms with Gasteiger partial charge in [-0.15, -0.1) is 0 Å². The Morgan fingerprint density at radius 3 is 2.84 bits per heavy atom. The zero-order valence-electron chi connectivity index (χ0n) is 10.5. The van der Waals surface area contributed by atoms with Gasteiger partial charge in [0.2, 0.25) is 10.0 Å². The van der Waals surface area contributed by atoms with E-state index in [0.717, 1.165) is 0 Å². The number of hydrogen-bond acceptors (Lipinski definition) is 5. The topological polar surface area (TPSA) is 102 Å². The minimum Gasteiger partial charge on any atom is -0.399 e. The molecule has 0 aliphatic rings. The Morgan fingerprint density at radius 2 is 2.21 bits per heavy atom. The second kappa shape index (κ2) is 7.20. The summed E-state index contributed by atoms with van der Waals surface area (Å²) < 4.78 is 31.7. The van der Waals surface area contributed by atoms with E-state index in [2.05, 4.69) is 20.7 Å². The lowest BCUT2D eigenvalue weighted by Crippen LogP contribution is -2.29. The van der Waals surface area contributed by atoms with Crippen LogP contribution in [0.1, 0.15) is 6.42 Å². The lowest BCUT2D eigenvalue weighted by Gasteiger charge is -2.11. The van der Waals surface area contributed by atoms with Crippen molar-refractivity contribution < 1.29 is 18.3 Å². The molecule has 6 nitrogen and oxygen atoms in total. The summed E-state index contributed by atoms with van der Waals surface area (Å²) in [6, 6.07) is 4.55. The Balaban J connectivity index is 2.68. The summed E-state index contributed by atoms with van der Waals surface area (Å²) in [5, 5.41) is 9.43. The van der Waals surface area contributed by atoms with E-state index in [9.17, 15) is 13.5 Å². The monoisotopic (exact) mass is 352 g/mol. The van der Waals surface area contributed by atoms with Crippen molar-refractivity contribution in [3.05, 3.63) is 22.7 Å². The van der Waals surface area contributed by atoms with Gasteiger partial charge in [0.05, 0.1) is 17.6 Å². The van der Waals surface area contributed by atoms with Crippen molar-refractivity contribution >= 4 is 31.6 Å². The largest absolute Gasteiger partial charge is 0.399 e. The predicted molar refractivity (Wildman–Crippen MR) is 76.2 cm³/mol. The summed E-state index contributed by atoms with van der Waals surface area (Å²) in [6.45, 7) is 0.289. The average Bonchev–Trinajstić information content (AvgIpc) is 2.32. The number of nitrogen functional groups attached to an aromatic ring is 1. The summed E-state index contributed by atoms with van der Waals surface area (Å²) in [5.41, 5.74) is 5.93. The molecule has 0 aliphatic carbocycles. The van der Waals surface area contributed by atoms with Crippen molar-refractivity contribution in [3.8, 4) is 0 Å². The number of aliphatic hydroxyl groups is 1. The molecular formula is C11H17BrN2O4S. The first-order valence-corrected chi connectivity index (χ1v) is 7.86. The maximum atomic E-state index is 12.0. The fraction of sp³-hybridized carbons (Fsp3) is 0.455. The highest BCUT2D eigenvalue weighted by molar-refractivity contribution is 9.10. The first kappa shape index (κ1) is 16.4. The molecule has 8 heteroatoms. The van der Waals surface area contributed by atoms with Crippen molar-refractivity contribution in [2.24, 2.45) is 0 Å². The number of benzene rings is 1. The maximum Gasteiger partial charge on any atom is 0.241 e. The summed E-state index contributed by atoms with van der Waals surface area (Å²) in [5.74, 6) is 0. The van der Waals surface area contributed by atoms with E-state index in [-0.39, 0.29) is 24.5 Å². The molecule has 1 aromatic carbocycles. The average molecular weight is 353 g/mol. The van der Waals surface area contributed by atoms with Crippen LogP contribution < -0.4 is 10.5 Å². The molecule has 0 saturated heterocycles. The number of ether oxygens (including phenoxy) is 1. The Kier molecular flexibility index (Phi) is 6.21. The number of methoxy groups -OCH3 is 1. The first-order chi connectivity index (χ1) is 8.86.